The molecular weight excluding hydrogens is 392 g/mol. The zero-order chi connectivity index (χ0) is 21.6. The number of fused-ring (bicyclic) bond motifs is 1. The molecule has 2 amide bonds. The first-order chi connectivity index (χ1) is 15.1. The first kappa shape index (κ1) is 20.5. The standard InChI is InChI=1S/C25H24N2O4/c1-30-23-8-3-2-7-22(23)25(29)27-19-11-13-21(14-12-19)31-16-24(28)26-20-10-9-17-5-4-6-18(17)15-20/h2-3,7-15H,4-6,16H2,1H3,(H,26,28)(H,27,29). The maximum Gasteiger partial charge on any atom is 0.262 e. The zero-order valence-corrected chi connectivity index (χ0v) is 17.3. The molecule has 6 heteroatoms. The summed E-state index contributed by atoms with van der Waals surface area (Å²) >= 11 is 0. The van der Waals surface area contributed by atoms with Crippen LogP contribution in [-0.2, 0) is 17.6 Å². The number of anilines is 2. The Morgan fingerprint density at radius 3 is 2.42 bits per heavy atom. The summed E-state index contributed by atoms with van der Waals surface area (Å²) in [5.74, 6) is 0.570. The predicted molar refractivity (Wildman–Crippen MR) is 120 cm³/mol. The van der Waals surface area contributed by atoms with Crippen molar-refractivity contribution in [2.75, 3.05) is 24.4 Å². The van der Waals surface area contributed by atoms with Crippen molar-refractivity contribution in [1.82, 2.24) is 0 Å². The smallest absolute Gasteiger partial charge is 0.262 e. The molecule has 2 N–H and O–H groups in total. The number of benzene rings is 3. The third kappa shape index (κ3) is 5.04. The van der Waals surface area contributed by atoms with E-state index in [9.17, 15) is 9.59 Å². The summed E-state index contributed by atoms with van der Waals surface area (Å²) in [4.78, 5) is 24.7. The molecule has 0 unspecified atom stereocenters. The van der Waals surface area contributed by atoms with Crippen LogP contribution in [0.2, 0.25) is 0 Å². The Labute approximate surface area is 181 Å². The molecule has 0 heterocycles. The summed E-state index contributed by atoms with van der Waals surface area (Å²) in [7, 11) is 1.53. The van der Waals surface area contributed by atoms with Crippen molar-refractivity contribution in [1.29, 1.82) is 0 Å². The maximum absolute atomic E-state index is 12.5. The lowest BCUT2D eigenvalue weighted by molar-refractivity contribution is -0.118. The molecule has 1 aliphatic rings. The fourth-order valence-corrected chi connectivity index (χ4v) is 3.66. The van der Waals surface area contributed by atoms with E-state index in [1.807, 2.05) is 18.2 Å². The van der Waals surface area contributed by atoms with E-state index < -0.39 is 0 Å². The Morgan fingerprint density at radius 2 is 1.61 bits per heavy atom. The van der Waals surface area contributed by atoms with Gasteiger partial charge in [0.2, 0.25) is 0 Å². The van der Waals surface area contributed by atoms with Gasteiger partial charge in [-0.1, -0.05) is 18.2 Å². The van der Waals surface area contributed by atoms with Crippen LogP contribution in [0.4, 0.5) is 11.4 Å². The molecule has 31 heavy (non-hydrogen) atoms. The van der Waals surface area contributed by atoms with Gasteiger partial charge in [-0.25, -0.2) is 0 Å². The Bertz CT molecular complexity index is 1090. The molecule has 0 aliphatic heterocycles. The third-order valence-corrected chi connectivity index (χ3v) is 5.22. The van der Waals surface area contributed by atoms with E-state index in [1.54, 1.807) is 42.5 Å². The van der Waals surface area contributed by atoms with E-state index in [4.69, 9.17) is 9.47 Å². The molecule has 0 spiro atoms. The SMILES string of the molecule is COc1ccccc1C(=O)Nc1ccc(OCC(=O)Nc2ccc3c(c2)CCC3)cc1. The van der Waals surface area contributed by atoms with Crippen molar-refractivity contribution in [3.05, 3.63) is 83.4 Å². The van der Waals surface area contributed by atoms with Gasteiger partial charge in [-0.2, -0.15) is 0 Å². The topological polar surface area (TPSA) is 76.7 Å². The van der Waals surface area contributed by atoms with Gasteiger partial charge in [0, 0.05) is 11.4 Å². The quantitative estimate of drug-likeness (QED) is 0.596. The van der Waals surface area contributed by atoms with Crippen LogP contribution in [0.15, 0.2) is 66.7 Å². The molecule has 1 aliphatic carbocycles. The second-order valence-corrected chi connectivity index (χ2v) is 7.35. The Morgan fingerprint density at radius 1 is 0.871 bits per heavy atom. The predicted octanol–water partition coefficient (Wildman–Crippen LogP) is 4.45. The molecule has 3 aromatic carbocycles. The Kier molecular flexibility index (Phi) is 6.17. The first-order valence-electron chi connectivity index (χ1n) is 10.2. The van der Waals surface area contributed by atoms with Gasteiger partial charge >= 0.3 is 0 Å². The average molecular weight is 416 g/mol. The van der Waals surface area contributed by atoms with Crippen LogP contribution in [0.5, 0.6) is 11.5 Å². The summed E-state index contributed by atoms with van der Waals surface area (Å²) in [5, 5.41) is 5.70. The van der Waals surface area contributed by atoms with Gasteiger partial charge < -0.3 is 20.1 Å². The average Bonchev–Trinajstić information content (AvgIpc) is 3.26. The highest BCUT2D eigenvalue weighted by atomic mass is 16.5. The highest BCUT2D eigenvalue weighted by Crippen LogP contribution is 2.25. The van der Waals surface area contributed by atoms with Crippen LogP contribution >= 0.6 is 0 Å². The minimum Gasteiger partial charge on any atom is -0.496 e. The molecule has 0 saturated carbocycles. The largest absolute Gasteiger partial charge is 0.496 e. The molecule has 0 radical (unpaired) electrons. The van der Waals surface area contributed by atoms with Crippen molar-refractivity contribution < 1.29 is 19.1 Å². The molecule has 6 nitrogen and oxygen atoms in total. The van der Waals surface area contributed by atoms with Crippen molar-refractivity contribution in [2.45, 2.75) is 19.3 Å². The van der Waals surface area contributed by atoms with Crippen molar-refractivity contribution in [3.8, 4) is 11.5 Å². The summed E-state index contributed by atoms with van der Waals surface area (Å²) in [6, 6.07) is 19.9. The molecule has 0 fully saturated rings. The van der Waals surface area contributed by atoms with Crippen LogP contribution in [0, 0.1) is 0 Å². The number of methoxy groups -OCH3 is 1. The number of ether oxygens (including phenoxy) is 2. The number of nitrogens with one attached hydrogen (secondary N) is 2. The Hall–Kier alpha value is -3.80. The van der Waals surface area contributed by atoms with Crippen LogP contribution < -0.4 is 20.1 Å². The number of aryl methyl sites for hydroxylation is 2. The van der Waals surface area contributed by atoms with Crippen LogP contribution in [0.1, 0.15) is 27.9 Å². The molecular formula is C25H24N2O4. The number of hydrogen-bond acceptors (Lipinski definition) is 4. The van der Waals surface area contributed by atoms with Crippen LogP contribution in [0.3, 0.4) is 0 Å². The van der Waals surface area contributed by atoms with Crippen molar-refractivity contribution >= 4 is 23.2 Å². The second kappa shape index (κ2) is 9.34. The monoisotopic (exact) mass is 416 g/mol. The molecule has 4 rings (SSSR count). The van der Waals surface area contributed by atoms with Crippen molar-refractivity contribution in [2.24, 2.45) is 0 Å². The summed E-state index contributed by atoms with van der Waals surface area (Å²) in [5.41, 5.74) is 4.54. The second-order valence-electron chi connectivity index (χ2n) is 7.35. The summed E-state index contributed by atoms with van der Waals surface area (Å²) < 4.78 is 10.8. The normalized spacial score (nSPS) is 12.0. The Balaban J connectivity index is 1.29. The highest BCUT2D eigenvalue weighted by Gasteiger charge is 2.13. The third-order valence-electron chi connectivity index (χ3n) is 5.22. The number of carbonyl (C=O) groups is 2. The first-order valence-corrected chi connectivity index (χ1v) is 10.2. The van der Waals surface area contributed by atoms with E-state index in [1.165, 1.54) is 24.7 Å². The molecule has 3 aromatic rings. The highest BCUT2D eigenvalue weighted by molar-refractivity contribution is 6.06. The fourth-order valence-electron chi connectivity index (χ4n) is 3.66. The van der Waals surface area contributed by atoms with Gasteiger partial charge in [-0.15, -0.1) is 0 Å². The fraction of sp³-hybridized carbons (Fsp3) is 0.200. The van der Waals surface area contributed by atoms with Gasteiger partial charge in [0.1, 0.15) is 11.5 Å². The lowest BCUT2D eigenvalue weighted by Crippen LogP contribution is -2.20. The number of para-hydroxylation sites is 1. The van der Waals surface area contributed by atoms with E-state index >= 15 is 0 Å². The van der Waals surface area contributed by atoms with E-state index in [0.29, 0.717) is 22.7 Å². The zero-order valence-electron chi connectivity index (χ0n) is 17.3. The van der Waals surface area contributed by atoms with Gasteiger partial charge in [0.25, 0.3) is 11.8 Å². The number of amides is 2. The van der Waals surface area contributed by atoms with Crippen LogP contribution in [-0.4, -0.2) is 25.5 Å². The van der Waals surface area contributed by atoms with Gasteiger partial charge in [-0.05, 0) is 78.9 Å². The van der Waals surface area contributed by atoms with E-state index in [0.717, 1.165) is 18.5 Å². The summed E-state index contributed by atoms with van der Waals surface area (Å²) in [6.07, 6.45) is 3.35. The van der Waals surface area contributed by atoms with Gasteiger partial charge in [0.05, 0.1) is 12.7 Å². The maximum atomic E-state index is 12.5. The van der Waals surface area contributed by atoms with Crippen molar-refractivity contribution in [3.63, 3.8) is 0 Å². The lowest BCUT2D eigenvalue weighted by Gasteiger charge is -2.11. The molecule has 0 aromatic heterocycles. The van der Waals surface area contributed by atoms with E-state index in [2.05, 4.69) is 16.7 Å². The number of carbonyl (C=O) groups excluding carboxylic acids is 2. The minimum atomic E-state index is -0.264. The minimum absolute atomic E-state index is 0.0932. The van der Waals surface area contributed by atoms with Gasteiger partial charge in [0.15, 0.2) is 6.61 Å². The molecule has 0 saturated heterocycles. The molecule has 158 valence electrons. The number of rotatable bonds is 7. The number of hydrogen-bond donors (Lipinski definition) is 2. The van der Waals surface area contributed by atoms with Crippen LogP contribution in [0.25, 0.3) is 0 Å². The summed E-state index contributed by atoms with van der Waals surface area (Å²) in [6.45, 7) is -0.0932. The van der Waals surface area contributed by atoms with E-state index in [-0.39, 0.29) is 18.4 Å². The lowest BCUT2D eigenvalue weighted by atomic mass is 10.1. The molecule has 0 bridgehead atoms. The van der Waals surface area contributed by atoms with Gasteiger partial charge in [-0.3, -0.25) is 9.59 Å². The molecule has 0 atom stereocenters.